The van der Waals surface area contributed by atoms with Crippen LogP contribution in [0.4, 0.5) is 0 Å². The normalized spacial score (nSPS) is 38.5. The van der Waals surface area contributed by atoms with E-state index in [-0.39, 0.29) is 6.42 Å². The minimum atomic E-state index is -2.63. The van der Waals surface area contributed by atoms with E-state index in [4.69, 9.17) is 21.3 Å². The first-order valence-electron chi connectivity index (χ1n) is 6.91. The van der Waals surface area contributed by atoms with E-state index in [1.165, 1.54) is 0 Å². The predicted octanol–water partition coefficient (Wildman–Crippen LogP) is -3.94. The van der Waals surface area contributed by atoms with Crippen molar-refractivity contribution >= 4 is 5.97 Å². The van der Waals surface area contributed by atoms with Crippen molar-refractivity contribution in [1.82, 2.24) is 0 Å². The fourth-order valence-electron chi connectivity index (χ4n) is 2.47. The van der Waals surface area contributed by atoms with Crippen LogP contribution in [0.15, 0.2) is 0 Å². The van der Waals surface area contributed by atoms with E-state index >= 15 is 0 Å². The average Bonchev–Trinajstić information content (AvgIpc) is 2.48. The second kappa shape index (κ2) is 7.15. The number of aliphatic hydroxyl groups is 5. The fraction of sp³-hybridized carbons (Fsp3) is 0.917. The zero-order valence-corrected chi connectivity index (χ0v) is 12.0. The third-order valence-corrected chi connectivity index (χ3v) is 3.95. The van der Waals surface area contributed by atoms with Crippen molar-refractivity contribution in [2.75, 3.05) is 13.2 Å². The molecule has 1 rings (SSSR count). The number of ether oxygens (including phenoxy) is 1. The van der Waals surface area contributed by atoms with Gasteiger partial charge in [-0.25, -0.2) is 0 Å². The molecule has 6 atom stereocenters. The van der Waals surface area contributed by atoms with Gasteiger partial charge in [-0.3, -0.25) is 4.79 Å². The lowest BCUT2D eigenvalue weighted by atomic mass is 9.79. The molecule has 10 heteroatoms. The van der Waals surface area contributed by atoms with E-state index in [0.29, 0.717) is 19.4 Å². The Balaban J connectivity index is 3.09. The third-order valence-electron chi connectivity index (χ3n) is 3.95. The molecule has 1 saturated heterocycles. The van der Waals surface area contributed by atoms with Gasteiger partial charge >= 0.3 is 5.97 Å². The number of carbonyl (C=O) groups is 1. The smallest absolute Gasteiger partial charge is 0.326 e. The molecule has 130 valence electrons. The SMILES string of the molecule is NCCCCC(N)(C(=O)O)C1OC(O)(CO)C(O)C(O)C1O. The van der Waals surface area contributed by atoms with Gasteiger partial charge in [-0.2, -0.15) is 0 Å². The van der Waals surface area contributed by atoms with Crippen LogP contribution in [0.1, 0.15) is 19.3 Å². The fourth-order valence-corrected chi connectivity index (χ4v) is 2.47. The first-order chi connectivity index (χ1) is 10.1. The first-order valence-corrected chi connectivity index (χ1v) is 6.91. The van der Waals surface area contributed by atoms with Gasteiger partial charge in [0.15, 0.2) is 0 Å². The van der Waals surface area contributed by atoms with Crippen LogP contribution in [-0.4, -0.2) is 85.5 Å². The van der Waals surface area contributed by atoms with E-state index < -0.39 is 48.3 Å². The summed E-state index contributed by atoms with van der Waals surface area (Å²) in [5.74, 6) is -4.14. The van der Waals surface area contributed by atoms with Crippen molar-refractivity contribution in [1.29, 1.82) is 0 Å². The third kappa shape index (κ3) is 3.39. The molecule has 10 N–H and O–H groups in total. The van der Waals surface area contributed by atoms with Crippen molar-refractivity contribution in [3.8, 4) is 0 Å². The van der Waals surface area contributed by atoms with E-state index in [0.717, 1.165) is 0 Å². The maximum Gasteiger partial charge on any atom is 0.326 e. The summed E-state index contributed by atoms with van der Waals surface area (Å²) in [6.07, 6.45) is -6.92. The Kier molecular flexibility index (Phi) is 6.24. The van der Waals surface area contributed by atoms with Crippen LogP contribution < -0.4 is 11.5 Å². The minimum absolute atomic E-state index is 0.147. The lowest BCUT2D eigenvalue weighted by molar-refractivity contribution is -0.362. The minimum Gasteiger partial charge on any atom is -0.480 e. The molecule has 0 spiro atoms. The van der Waals surface area contributed by atoms with Gasteiger partial charge < -0.3 is 46.8 Å². The number of nitrogens with two attached hydrogens (primary N) is 2. The van der Waals surface area contributed by atoms with Crippen LogP contribution in [0.2, 0.25) is 0 Å². The van der Waals surface area contributed by atoms with Crippen molar-refractivity contribution in [2.24, 2.45) is 11.5 Å². The largest absolute Gasteiger partial charge is 0.480 e. The Hall–Kier alpha value is -0.850. The Morgan fingerprint density at radius 2 is 1.82 bits per heavy atom. The molecule has 0 saturated carbocycles. The van der Waals surface area contributed by atoms with Gasteiger partial charge in [0.25, 0.3) is 0 Å². The number of aliphatic hydroxyl groups excluding tert-OH is 4. The van der Waals surface area contributed by atoms with Gasteiger partial charge in [-0.1, -0.05) is 0 Å². The highest BCUT2D eigenvalue weighted by Crippen LogP contribution is 2.34. The molecule has 0 aliphatic carbocycles. The van der Waals surface area contributed by atoms with Gasteiger partial charge in [0.2, 0.25) is 5.79 Å². The second-order valence-corrected chi connectivity index (χ2v) is 5.56. The standard InChI is InChI=1S/C12H24N2O8/c13-4-2-1-3-11(14,10(19)20)9-7(17)6(16)8(18)12(21,5-15)22-9/h6-9,15-18,21H,1-5,13-14H2,(H,19,20). The second-order valence-electron chi connectivity index (χ2n) is 5.56. The summed E-state index contributed by atoms with van der Waals surface area (Å²) in [5, 5.41) is 57.9. The molecule has 22 heavy (non-hydrogen) atoms. The van der Waals surface area contributed by atoms with Gasteiger partial charge in [-0.05, 0) is 25.8 Å². The molecule has 1 heterocycles. The monoisotopic (exact) mass is 324 g/mol. The number of unbranched alkanes of at least 4 members (excludes halogenated alkanes) is 1. The van der Waals surface area contributed by atoms with Crippen LogP contribution in [0.3, 0.4) is 0 Å². The van der Waals surface area contributed by atoms with E-state index in [9.17, 15) is 30.3 Å². The van der Waals surface area contributed by atoms with Crippen LogP contribution in [0, 0.1) is 0 Å². The highest BCUT2D eigenvalue weighted by molar-refractivity contribution is 5.79. The Bertz CT molecular complexity index is 397. The van der Waals surface area contributed by atoms with Crippen LogP contribution >= 0.6 is 0 Å². The Morgan fingerprint density at radius 3 is 2.27 bits per heavy atom. The van der Waals surface area contributed by atoms with Crippen molar-refractivity contribution in [3.05, 3.63) is 0 Å². The molecule has 1 fully saturated rings. The quantitative estimate of drug-likeness (QED) is 0.214. The van der Waals surface area contributed by atoms with Gasteiger partial charge in [-0.15, -0.1) is 0 Å². The summed E-state index contributed by atoms with van der Waals surface area (Å²) in [5.41, 5.74) is 9.01. The summed E-state index contributed by atoms with van der Waals surface area (Å²) < 4.78 is 4.98. The number of aliphatic carboxylic acids is 1. The summed E-state index contributed by atoms with van der Waals surface area (Å²) in [7, 11) is 0. The van der Waals surface area contributed by atoms with Gasteiger partial charge in [0.1, 0.15) is 30.0 Å². The molecule has 10 nitrogen and oxygen atoms in total. The van der Waals surface area contributed by atoms with Crippen molar-refractivity contribution < 1.29 is 40.2 Å². The zero-order valence-electron chi connectivity index (χ0n) is 12.0. The van der Waals surface area contributed by atoms with Crippen LogP contribution in [-0.2, 0) is 9.53 Å². The number of carboxylic acids is 1. The Morgan fingerprint density at radius 1 is 1.23 bits per heavy atom. The number of hydrogen-bond donors (Lipinski definition) is 8. The first kappa shape index (κ1) is 19.2. The van der Waals surface area contributed by atoms with E-state index in [1.807, 2.05) is 0 Å². The molecule has 0 amide bonds. The van der Waals surface area contributed by atoms with E-state index in [1.54, 1.807) is 0 Å². The van der Waals surface area contributed by atoms with Crippen LogP contribution in [0.5, 0.6) is 0 Å². The summed E-state index contributed by atoms with van der Waals surface area (Å²) in [6.45, 7) is -0.807. The lowest BCUT2D eigenvalue weighted by Gasteiger charge is -2.49. The van der Waals surface area contributed by atoms with E-state index in [2.05, 4.69) is 0 Å². The molecule has 0 aromatic heterocycles. The number of carboxylic acid groups (broad SMARTS) is 1. The maximum atomic E-state index is 11.5. The molecule has 6 unspecified atom stereocenters. The molecule has 0 radical (unpaired) electrons. The summed E-state index contributed by atoms with van der Waals surface area (Å²) in [4.78, 5) is 11.5. The molecule has 1 aliphatic heterocycles. The van der Waals surface area contributed by atoms with Crippen molar-refractivity contribution in [3.63, 3.8) is 0 Å². The number of hydrogen-bond acceptors (Lipinski definition) is 9. The van der Waals surface area contributed by atoms with Crippen molar-refractivity contribution in [2.45, 2.75) is 55.0 Å². The molecule has 1 aliphatic rings. The van der Waals surface area contributed by atoms with Gasteiger partial charge in [0, 0.05) is 0 Å². The van der Waals surface area contributed by atoms with Crippen LogP contribution in [0.25, 0.3) is 0 Å². The average molecular weight is 324 g/mol. The topological polar surface area (TPSA) is 200 Å². The van der Waals surface area contributed by atoms with Gasteiger partial charge in [0.05, 0.1) is 6.61 Å². The lowest BCUT2D eigenvalue weighted by Crippen LogP contribution is -2.74. The Labute approximate surface area is 126 Å². The molecular formula is C12H24N2O8. The predicted molar refractivity (Wildman–Crippen MR) is 72.4 cm³/mol. The number of rotatable bonds is 7. The highest BCUT2D eigenvalue weighted by Gasteiger charge is 2.59. The molecule has 0 aromatic carbocycles. The molecule has 0 aromatic rings. The summed E-state index contributed by atoms with van der Waals surface area (Å²) in [6, 6.07) is 0. The highest BCUT2D eigenvalue weighted by atomic mass is 16.7. The maximum absolute atomic E-state index is 11.5. The molecular weight excluding hydrogens is 300 g/mol. The molecule has 0 bridgehead atoms. The zero-order chi connectivity index (χ0) is 17.1. The summed E-state index contributed by atoms with van der Waals surface area (Å²) >= 11 is 0.